The zero-order chi connectivity index (χ0) is 21.2. The van der Waals surface area contributed by atoms with Crippen LogP contribution in [0.25, 0.3) is 0 Å². The van der Waals surface area contributed by atoms with Gasteiger partial charge in [0.2, 0.25) is 0 Å². The largest absolute Gasteiger partial charge is 0.497 e. The minimum absolute atomic E-state index is 0.0857. The summed E-state index contributed by atoms with van der Waals surface area (Å²) in [7, 11) is 1.68. The minimum atomic E-state index is -0.0964. The smallest absolute Gasteiger partial charge is 0.305 e. The monoisotopic (exact) mass is 411 g/mol. The van der Waals surface area contributed by atoms with Crippen molar-refractivity contribution in [1.82, 2.24) is 4.90 Å². The van der Waals surface area contributed by atoms with Gasteiger partial charge in [0.05, 0.1) is 19.8 Å². The van der Waals surface area contributed by atoms with Gasteiger partial charge in [0, 0.05) is 19.5 Å². The Bertz CT molecular complexity index is 754. The van der Waals surface area contributed by atoms with Crippen molar-refractivity contribution in [3.05, 3.63) is 65.7 Å². The summed E-state index contributed by atoms with van der Waals surface area (Å²) < 4.78 is 16.9. The van der Waals surface area contributed by atoms with E-state index >= 15 is 0 Å². The molecule has 162 valence electrons. The fourth-order valence-corrected chi connectivity index (χ4v) is 3.90. The molecule has 1 saturated heterocycles. The van der Waals surface area contributed by atoms with E-state index in [0.29, 0.717) is 13.0 Å². The third kappa shape index (κ3) is 6.57. The lowest BCUT2D eigenvalue weighted by Gasteiger charge is -2.34. The maximum Gasteiger partial charge on any atom is 0.305 e. The number of likely N-dealkylation sites (tertiary alicyclic amines) is 1. The molecule has 30 heavy (non-hydrogen) atoms. The molecule has 1 atom stereocenters. The Labute approximate surface area is 179 Å². The highest BCUT2D eigenvalue weighted by atomic mass is 16.5. The number of ether oxygens (including phenoxy) is 3. The van der Waals surface area contributed by atoms with Gasteiger partial charge in [0.15, 0.2) is 0 Å². The molecule has 1 heterocycles. The molecule has 0 N–H and O–H groups in total. The van der Waals surface area contributed by atoms with E-state index in [4.69, 9.17) is 14.2 Å². The quantitative estimate of drug-likeness (QED) is 0.535. The van der Waals surface area contributed by atoms with Crippen LogP contribution in [0.5, 0.6) is 5.75 Å². The fraction of sp³-hybridized carbons (Fsp3) is 0.480. The van der Waals surface area contributed by atoms with E-state index in [1.165, 1.54) is 5.56 Å². The number of hydrogen-bond acceptors (Lipinski definition) is 5. The molecule has 2 aromatic carbocycles. The number of benzene rings is 2. The molecule has 0 bridgehead atoms. The second-order valence-corrected chi connectivity index (χ2v) is 7.65. The summed E-state index contributed by atoms with van der Waals surface area (Å²) in [6, 6.07) is 18.5. The Kier molecular flexibility index (Phi) is 8.72. The van der Waals surface area contributed by atoms with E-state index in [2.05, 4.69) is 41.3 Å². The number of nitrogens with zero attached hydrogens (tertiary/aromatic N) is 1. The number of hydrogen-bond donors (Lipinski definition) is 0. The van der Waals surface area contributed by atoms with Crippen molar-refractivity contribution in [2.45, 2.75) is 44.8 Å². The van der Waals surface area contributed by atoms with Gasteiger partial charge in [-0.25, -0.2) is 0 Å². The van der Waals surface area contributed by atoms with Gasteiger partial charge in [-0.05, 0) is 56.0 Å². The molecular formula is C25H33NO4. The van der Waals surface area contributed by atoms with Crippen molar-refractivity contribution < 1.29 is 19.0 Å². The number of piperidine rings is 1. The zero-order valence-corrected chi connectivity index (χ0v) is 18.1. The molecule has 5 nitrogen and oxygen atoms in total. The van der Waals surface area contributed by atoms with Gasteiger partial charge in [-0.2, -0.15) is 0 Å². The summed E-state index contributed by atoms with van der Waals surface area (Å²) in [6.45, 7) is 5.23. The van der Waals surface area contributed by atoms with E-state index in [9.17, 15) is 4.79 Å². The van der Waals surface area contributed by atoms with E-state index in [-0.39, 0.29) is 18.2 Å². The molecule has 1 aliphatic rings. The first-order valence-electron chi connectivity index (χ1n) is 10.9. The number of methoxy groups -OCH3 is 1. The van der Waals surface area contributed by atoms with E-state index in [0.717, 1.165) is 50.2 Å². The highest BCUT2D eigenvalue weighted by molar-refractivity contribution is 5.69. The van der Waals surface area contributed by atoms with Gasteiger partial charge in [-0.3, -0.25) is 4.79 Å². The van der Waals surface area contributed by atoms with Crippen LogP contribution in [0, 0.1) is 0 Å². The van der Waals surface area contributed by atoms with Crippen LogP contribution >= 0.6 is 0 Å². The van der Waals surface area contributed by atoms with Crippen LogP contribution in [0.1, 0.15) is 49.8 Å². The number of esters is 1. The van der Waals surface area contributed by atoms with Gasteiger partial charge in [-0.15, -0.1) is 0 Å². The summed E-state index contributed by atoms with van der Waals surface area (Å²) in [4.78, 5) is 13.9. The van der Waals surface area contributed by atoms with Crippen molar-refractivity contribution in [2.24, 2.45) is 0 Å². The van der Waals surface area contributed by atoms with Gasteiger partial charge < -0.3 is 19.1 Å². The Morgan fingerprint density at radius 3 is 2.33 bits per heavy atom. The Hall–Kier alpha value is -2.37. The molecule has 2 aromatic rings. The standard InChI is InChI=1S/C25H33NO4/c1-3-29-24(27)10-7-17-26-18-15-23(16-19-26)30-25(20-8-5-4-6-9-20)21-11-13-22(28-2)14-12-21/h4-6,8-9,11-14,23,25H,3,7,10,15-19H2,1-2H3. The molecule has 1 unspecified atom stereocenters. The first-order valence-corrected chi connectivity index (χ1v) is 10.9. The van der Waals surface area contributed by atoms with Crippen molar-refractivity contribution >= 4 is 5.97 Å². The Morgan fingerprint density at radius 2 is 1.70 bits per heavy atom. The molecule has 5 heteroatoms. The third-order valence-electron chi connectivity index (χ3n) is 5.54. The summed E-state index contributed by atoms with van der Waals surface area (Å²) in [5.74, 6) is 0.752. The Balaban J connectivity index is 1.55. The summed E-state index contributed by atoms with van der Waals surface area (Å²) in [6.07, 6.45) is 3.48. The molecule has 0 spiro atoms. The summed E-state index contributed by atoms with van der Waals surface area (Å²) in [5.41, 5.74) is 2.30. The highest BCUT2D eigenvalue weighted by Crippen LogP contribution is 2.31. The lowest BCUT2D eigenvalue weighted by Crippen LogP contribution is -2.38. The fourth-order valence-electron chi connectivity index (χ4n) is 3.90. The third-order valence-corrected chi connectivity index (χ3v) is 5.54. The van der Waals surface area contributed by atoms with Crippen LogP contribution in [0.2, 0.25) is 0 Å². The predicted molar refractivity (Wildman–Crippen MR) is 118 cm³/mol. The van der Waals surface area contributed by atoms with Crippen LogP contribution in [-0.4, -0.2) is 50.3 Å². The SMILES string of the molecule is CCOC(=O)CCCN1CCC(OC(c2ccccc2)c2ccc(OC)cc2)CC1. The average Bonchev–Trinajstić information content (AvgIpc) is 2.79. The summed E-state index contributed by atoms with van der Waals surface area (Å²) in [5, 5.41) is 0. The van der Waals surface area contributed by atoms with Crippen LogP contribution in [0.15, 0.2) is 54.6 Å². The van der Waals surface area contributed by atoms with E-state index < -0.39 is 0 Å². The molecule has 1 fully saturated rings. The highest BCUT2D eigenvalue weighted by Gasteiger charge is 2.24. The van der Waals surface area contributed by atoms with Gasteiger partial charge >= 0.3 is 5.97 Å². The minimum Gasteiger partial charge on any atom is -0.497 e. The maximum absolute atomic E-state index is 11.5. The first kappa shape index (κ1) is 22.3. The van der Waals surface area contributed by atoms with Gasteiger partial charge in [0.25, 0.3) is 0 Å². The molecule has 0 aliphatic carbocycles. The number of rotatable bonds is 10. The van der Waals surface area contributed by atoms with E-state index in [1.54, 1.807) is 7.11 Å². The zero-order valence-electron chi connectivity index (χ0n) is 18.1. The van der Waals surface area contributed by atoms with Crippen molar-refractivity contribution in [3.8, 4) is 5.75 Å². The van der Waals surface area contributed by atoms with Gasteiger partial charge in [0.1, 0.15) is 11.9 Å². The molecule has 0 saturated carbocycles. The molecule has 3 rings (SSSR count). The summed E-state index contributed by atoms with van der Waals surface area (Å²) >= 11 is 0. The number of carbonyl (C=O) groups excluding carboxylic acids is 1. The molecular weight excluding hydrogens is 378 g/mol. The van der Waals surface area contributed by atoms with Crippen molar-refractivity contribution in [3.63, 3.8) is 0 Å². The van der Waals surface area contributed by atoms with Crippen LogP contribution in [0.3, 0.4) is 0 Å². The molecule has 0 radical (unpaired) electrons. The molecule has 1 aliphatic heterocycles. The van der Waals surface area contributed by atoms with Crippen LogP contribution < -0.4 is 4.74 Å². The topological polar surface area (TPSA) is 48.0 Å². The first-order chi connectivity index (χ1) is 14.7. The predicted octanol–water partition coefficient (Wildman–Crippen LogP) is 4.61. The van der Waals surface area contributed by atoms with Crippen molar-refractivity contribution in [2.75, 3.05) is 33.4 Å². The normalized spacial score (nSPS) is 16.2. The lowest BCUT2D eigenvalue weighted by atomic mass is 10.00. The molecule has 0 amide bonds. The maximum atomic E-state index is 11.5. The Morgan fingerprint density at radius 1 is 1.03 bits per heavy atom. The number of carbonyl (C=O) groups is 1. The second-order valence-electron chi connectivity index (χ2n) is 7.65. The van der Waals surface area contributed by atoms with Crippen LogP contribution in [0.4, 0.5) is 0 Å². The average molecular weight is 412 g/mol. The van der Waals surface area contributed by atoms with Gasteiger partial charge in [-0.1, -0.05) is 42.5 Å². The van der Waals surface area contributed by atoms with E-state index in [1.807, 2.05) is 25.1 Å². The second kappa shape index (κ2) is 11.7. The van der Waals surface area contributed by atoms with Crippen LogP contribution in [-0.2, 0) is 14.3 Å². The molecule has 0 aromatic heterocycles. The van der Waals surface area contributed by atoms with Crippen molar-refractivity contribution in [1.29, 1.82) is 0 Å². The lowest BCUT2D eigenvalue weighted by molar-refractivity contribution is -0.143.